The first-order chi connectivity index (χ1) is 8.82. The molecule has 19 heavy (non-hydrogen) atoms. The van der Waals surface area contributed by atoms with Gasteiger partial charge in [-0.05, 0) is 24.6 Å². The van der Waals surface area contributed by atoms with Crippen LogP contribution in [0.2, 0.25) is 0 Å². The van der Waals surface area contributed by atoms with Crippen LogP contribution in [0.4, 0.5) is 14.5 Å². The van der Waals surface area contributed by atoms with Crippen molar-refractivity contribution in [3.63, 3.8) is 0 Å². The molecule has 0 saturated heterocycles. The number of halogens is 2. The van der Waals surface area contributed by atoms with E-state index in [0.717, 1.165) is 18.2 Å². The maximum absolute atomic E-state index is 12.2. The van der Waals surface area contributed by atoms with Crippen molar-refractivity contribution in [3.05, 3.63) is 39.4 Å². The van der Waals surface area contributed by atoms with Crippen LogP contribution in [-0.4, -0.2) is 22.6 Å². The maximum Gasteiger partial charge on any atom is 0.387 e. The van der Waals surface area contributed by atoms with Crippen molar-refractivity contribution in [1.82, 2.24) is 0 Å². The summed E-state index contributed by atoms with van der Waals surface area (Å²) in [6.07, 6.45) is 1.93. The molecule has 0 aliphatic rings. The molecule has 1 rings (SSSR count). The fraction of sp³-hybridized carbons (Fsp3) is 0.182. The van der Waals surface area contributed by atoms with Crippen LogP contribution in [0, 0.1) is 17.0 Å². The summed E-state index contributed by atoms with van der Waals surface area (Å²) < 4.78 is 28.6. The Bertz CT molecular complexity index is 542. The Morgan fingerprint density at radius 2 is 2.16 bits per heavy atom. The first-order valence-corrected chi connectivity index (χ1v) is 4.96. The van der Waals surface area contributed by atoms with Gasteiger partial charge in [-0.25, -0.2) is 4.79 Å². The Labute approximate surface area is 106 Å². The van der Waals surface area contributed by atoms with Gasteiger partial charge in [-0.3, -0.25) is 10.1 Å². The van der Waals surface area contributed by atoms with E-state index < -0.39 is 28.9 Å². The number of carbonyl (C=O) groups is 1. The molecule has 0 amide bonds. The number of hydrogen-bond acceptors (Lipinski definition) is 4. The van der Waals surface area contributed by atoms with Gasteiger partial charge in [-0.1, -0.05) is 0 Å². The summed E-state index contributed by atoms with van der Waals surface area (Å²) in [6, 6.07) is 2.23. The van der Waals surface area contributed by atoms with Gasteiger partial charge in [0.05, 0.1) is 4.92 Å². The van der Waals surface area contributed by atoms with E-state index in [-0.39, 0.29) is 11.1 Å². The zero-order chi connectivity index (χ0) is 14.6. The first kappa shape index (κ1) is 14.6. The molecule has 0 bridgehead atoms. The van der Waals surface area contributed by atoms with Crippen LogP contribution in [0.1, 0.15) is 11.1 Å². The molecule has 1 aromatic carbocycles. The highest BCUT2D eigenvalue weighted by molar-refractivity contribution is 5.86. The molecule has 0 fully saturated rings. The van der Waals surface area contributed by atoms with Crippen LogP contribution in [0.5, 0.6) is 5.75 Å². The number of alkyl halides is 2. The molecule has 0 atom stereocenters. The third kappa shape index (κ3) is 3.73. The summed E-state index contributed by atoms with van der Waals surface area (Å²) in [7, 11) is 0. The van der Waals surface area contributed by atoms with Gasteiger partial charge in [-0.15, -0.1) is 0 Å². The molecule has 6 nitrogen and oxygen atoms in total. The summed E-state index contributed by atoms with van der Waals surface area (Å²) >= 11 is 0. The zero-order valence-electron chi connectivity index (χ0n) is 9.67. The standard InChI is InChI=1S/C11H9F2NO5/c1-6-7(3-5-9(15)16)2-4-8(14(17)18)10(6)19-11(12)13/h2-5,11H,1H3,(H,15,16)/b5-3+. The van der Waals surface area contributed by atoms with Gasteiger partial charge >= 0.3 is 18.3 Å². The molecule has 1 aromatic rings. The molecule has 0 aliphatic heterocycles. The molecule has 0 saturated carbocycles. The number of aliphatic carboxylic acids is 1. The van der Waals surface area contributed by atoms with Crippen LogP contribution in [0.25, 0.3) is 6.08 Å². The quantitative estimate of drug-likeness (QED) is 0.506. The normalized spacial score (nSPS) is 10.9. The van der Waals surface area contributed by atoms with Crippen LogP contribution in [0.3, 0.4) is 0 Å². The molecule has 0 radical (unpaired) electrons. The summed E-state index contributed by atoms with van der Waals surface area (Å²) in [5, 5.41) is 19.2. The second-order valence-corrected chi connectivity index (χ2v) is 3.44. The fourth-order valence-electron chi connectivity index (χ4n) is 1.42. The molecular weight excluding hydrogens is 264 g/mol. The van der Waals surface area contributed by atoms with Crippen molar-refractivity contribution in [1.29, 1.82) is 0 Å². The Hall–Kier alpha value is -2.51. The van der Waals surface area contributed by atoms with Gasteiger partial charge in [0.25, 0.3) is 0 Å². The lowest BCUT2D eigenvalue weighted by Gasteiger charge is -2.10. The van der Waals surface area contributed by atoms with Gasteiger partial charge < -0.3 is 9.84 Å². The van der Waals surface area contributed by atoms with Crippen molar-refractivity contribution >= 4 is 17.7 Å². The number of benzene rings is 1. The predicted molar refractivity (Wildman–Crippen MR) is 61.1 cm³/mol. The van der Waals surface area contributed by atoms with Crippen LogP contribution in [-0.2, 0) is 4.79 Å². The van der Waals surface area contributed by atoms with E-state index in [2.05, 4.69) is 4.74 Å². The van der Waals surface area contributed by atoms with E-state index in [1.165, 1.54) is 13.0 Å². The number of nitro benzene ring substituents is 1. The highest BCUT2D eigenvalue weighted by Crippen LogP contribution is 2.34. The highest BCUT2D eigenvalue weighted by atomic mass is 19.3. The number of ether oxygens (including phenoxy) is 1. The Morgan fingerprint density at radius 1 is 1.53 bits per heavy atom. The molecule has 8 heteroatoms. The second kappa shape index (κ2) is 5.89. The number of rotatable bonds is 5. The third-order valence-electron chi connectivity index (χ3n) is 2.24. The van der Waals surface area contributed by atoms with E-state index in [0.29, 0.717) is 0 Å². The molecule has 0 spiro atoms. The minimum atomic E-state index is -3.21. The smallest absolute Gasteiger partial charge is 0.387 e. The summed E-state index contributed by atoms with van der Waals surface area (Å²) in [5.74, 6) is -1.80. The molecule has 0 aliphatic carbocycles. The van der Waals surface area contributed by atoms with Crippen molar-refractivity contribution in [2.24, 2.45) is 0 Å². The Morgan fingerprint density at radius 3 is 2.63 bits per heavy atom. The topological polar surface area (TPSA) is 89.7 Å². The minimum absolute atomic E-state index is 0.0620. The SMILES string of the molecule is Cc1c(/C=C/C(=O)O)ccc([N+](=O)[O-])c1OC(F)F. The maximum atomic E-state index is 12.2. The molecule has 0 heterocycles. The number of carboxylic acid groups (broad SMARTS) is 1. The Balaban J connectivity index is 3.32. The monoisotopic (exact) mass is 273 g/mol. The van der Waals surface area contributed by atoms with E-state index in [9.17, 15) is 23.7 Å². The fourth-order valence-corrected chi connectivity index (χ4v) is 1.42. The third-order valence-corrected chi connectivity index (χ3v) is 2.24. The van der Waals surface area contributed by atoms with Gasteiger partial charge in [-0.2, -0.15) is 8.78 Å². The lowest BCUT2D eigenvalue weighted by atomic mass is 10.1. The predicted octanol–water partition coefficient (Wildman–Crippen LogP) is 2.60. The molecular formula is C11H9F2NO5. The van der Waals surface area contributed by atoms with Gasteiger partial charge in [0.15, 0.2) is 0 Å². The average Bonchev–Trinajstić information content (AvgIpc) is 2.29. The second-order valence-electron chi connectivity index (χ2n) is 3.44. The first-order valence-electron chi connectivity index (χ1n) is 4.96. The molecule has 0 unspecified atom stereocenters. The van der Waals surface area contributed by atoms with E-state index in [1.54, 1.807) is 0 Å². The summed E-state index contributed by atoms with van der Waals surface area (Å²) in [5.41, 5.74) is -0.305. The zero-order valence-corrected chi connectivity index (χ0v) is 9.67. The molecule has 1 N–H and O–H groups in total. The van der Waals surface area contributed by atoms with Crippen LogP contribution < -0.4 is 4.74 Å². The minimum Gasteiger partial charge on any atom is -0.478 e. The molecule has 0 aromatic heterocycles. The van der Waals surface area contributed by atoms with Crippen molar-refractivity contribution in [3.8, 4) is 5.75 Å². The van der Waals surface area contributed by atoms with E-state index >= 15 is 0 Å². The Kier molecular flexibility index (Phi) is 4.51. The van der Waals surface area contributed by atoms with E-state index in [1.807, 2.05) is 0 Å². The molecule has 102 valence electrons. The van der Waals surface area contributed by atoms with Gasteiger partial charge in [0, 0.05) is 17.7 Å². The van der Waals surface area contributed by atoms with Gasteiger partial charge in [0.2, 0.25) is 5.75 Å². The number of nitro groups is 1. The van der Waals surface area contributed by atoms with E-state index in [4.69, 9.17) is 5.11 Å². The van der Waals surface area contributed by atoms with Crippen molar-refractivity contribution < 1.29 is 28.3 Å². The van der Waals surface area contributed by atoms with Crippen molar-refractivity contribution in [2.45, 2.75) is 13.5 Å². The lowest BCUT2D eigenvalue weighted by Crippen LogP contribution is -2.06. The van der Waals surface area contributed by atoms with Crippen LogP contribution >= 0.6 is 0 Å². The number of nitrogens with zero attached hydrogens (tertiary/aromatic N) is 1. The van der Waals surface area contributed by atoms with Crippen LogP contribution in [0.15, 0.2) is 18.2 Å². The lowest BCUT2D eigenvalue weighted by molar-refractivity contribution is -0.386. The van der Waals surface area contributed by atoms with Gasteiger partial charge in [0.1, 0.15) is 0 Å². The largest absolute Gasteiger partial charge is 0.478 e. The van der Waals surface area contributed by atoms with Crippen molar-refractivity contribution in [2.75, 3.05) is 0 Å². The summed E-state index contributed by atoms with van der Waals surface area (Å²) in [4.78, 5) is 20.2. The highest BCUT2D eigenvalue weighted by Gasteiger charge is 2.22. The summed E-state index contributed by atoms with van der Waals surface area (Å²) in [6.45, 7) is -1.89. The number of carboxylic acids is 1. The average molecular weight is 273 g/mol. The number of hydrogen-bond donors (Lipinski definition) is 1.